The summed E-state index contributed by atoms with van der Waals surface area (Å²) < 4.78 is 15.0. The van der Waals surface area contributed by atoms with Crippen LogP contribution in [0.3, 0.4) is 0 Å². The highest BCUT2D eigenvalue weighted by Crippen LogP contribution is 2.14. The minimum Gasteiger partial charge on any atom is -0.313 e. The van der Waals surface area contributed by atoms with Crippen LogP contribution in [0.25, 0.3) is 0 Å². The molecular formula is C14H19FN4. The van der Waals surface area contributed by atoms with Crippen LogP contribution in [-0.2, 0) is 13.1 Å². The van der Waals surface area contributed by atoms with Crippen molar-refractivity contribution >= 4 is 0 Å². The monoisotopic (exact) mass is 262 g/mol. The van der Waals surface area contributed by atoms with Crippen LogP contribution in [0, 0.1) is 19.7 Å². The van der Waals surface area contributed by atoms with Gasteiger partial charge in [-0.3, -0.25) is 9.67 Å². The van der Waals surface area contributed by atoms with Gasteiger partial charge in [0.1, 0.15) is 5.82 Å². The molecule has 2 heterocycles. The molecule has 0 saturated heterocycles. The topological polar surface area (TPSA) is 42.7 Å². The van der Waals surface area contributed by atoms with E-state index in [2.05, 4.69) is 22.3 Å². The zero-order valence-electron chi connectivity index (χ0n) is 11.6. The van der Waals surface area contributed by atoms with Crippen LogP contribution in [0.5, 0.6) is 0 Å². The molecule has 0 saturated carbocycles. The Morgan fingerprint density at radius 1 is 1.32 bits per heavy atom. The molecule has 0 bridgehead atoms. The average Bonchev–Trinajstić information content (AvgIpc) is 2.62. The fourth-order valence-corrected chi connectivity index (χ4v) is 2.11. The maximum absolute atomic E-state index is 13.1. The highest BCUT2D eigenvalue weighted by molar-refractivity contribution is 5.25. The fraction of sp³-hybridized carbons (Fsp3) is 0.429. The summed E-state index contributed by atoms with van der Waals surface area (Å²) in [5.41, 5.74) is 4.16. The van der Waals surface area contributed by atoms with E-state index in [1.54, 1.807) is 6.20 Å². The summed E-state index contributed by atoms with van der Waals surface area (Å²) in [4.78, 5) is 3.86. The first kappa shape index (κ1) is 13.7. The smallest absolute Gasteiger partial charge is 0.141 e. The summed E-state index contributed by atoms with van der Waals surface area (Å²) in [6, 6.07) is 1.49. The lowest BCUT2D eigenvalue weighted by atomic mass is 10.2. The Balaban J connectivity index is 2.21. The van der Waals surface area contributed by atoms with Gasteiger partial charge in [0.05, 0.1) is 18.4 Å². The molecule has 0 aliphatic heterocycles. The molecule has 0 unspecified atom stereocenters. The lowest BCUT2D eigenvalue weighted by molar-refractivity contribution is 0.608. The Morgan fingerprint density at radius 3 is 2.79 bits per heavy atom. The average molecular weight is 262 g/mol. The second-order valence-electron chi connectivity index (χ2n) is 4.60. The summed E-state index contributed by atoms with van der Waals surface area (Å²) in [5.74, 6) is -0.313. The molecule has 0 aromatic carbocycles. The Hall–Kier alpha value is -1.75. The van der Waals surface area contributed by atoms with Gasteiger partial charge in [-0.05, 0) is 32.0 Å². The van der Waals surface area contributed by atoms with Crippen molar-refractivity contribution < 1.29 is 4.39 Å². The van der Waals surface area contributed by atoms with E-state index in [0.29, 0.717) is 6.54 Å². The zero-order valence-corrected chi connectivity index (χ0v) is 11.6. The molecule has 0 atom stereocenters. The second kappa shape index (κ2) is 5.93. The first-order valence-corrected chi connectivity index (χ1v) is 6.44. The first-order valence-electron chi connectivity index (χ1n) is 6.44. The maximum Gasteiger partial charge on any atom is 0.141 e. The molecule has 0 aliphatic rings. The van der Waals surface area contributed by atoms with Crippen molar-refractivity contribution in [2.24, 2.45) is 0 Å². The number of hydrogen-bond acceptors (Lipinski definition) is 3. The quantitative estimate of drug-likeness (QED) is 0.898. The van der Waals surface area contributed by atoms with Gasteiger partial charge in [0.2, 0.25) is 0 Å². The summed E-state index contributed by atoms with van der Waals surface area (Å²) in [5, 5.41) is 7.82. The minimum absolute atomic E-state index is 0.313. The Morgan fingerprint density at radius 2 is 2.11 bits per heavy atom. The zero-order chi connectivity index (χ0) is 13.8. The van der Waals surface area contributed by atoms with Crippen LogP contribution in [-0.4, -0.2) is 21.3 Å². The highest BCUT2D eigenvalue weighted by atomic mass is 19.1. The largest absolute Gasteiger partial charge is 0.313 e. The van der Waals surface area contributed by atoms with Crippen molar-refractivity contribution in [1.29, 1.82) is 0 Å². The van der Waals surface area contributed by atoms with Crippen LogP contribution in [0.4, 0.5) is 4.39 Å². The van der Waals surface area contributed by atoms with Crippen LogP contribution < -0.4 is 5.32 Å². The normalized spacial score (nSPS) is 10.9. The van der Waals surface area contributed by atoms with E-state index in [1.165, 1.54) is 17.8 Å². The molecule has 2 aromatic heterocycles. The SMILES string of the molecule is CCNCc1c(C)nn(Cc2cncc(F)c2)c1C. The van der Waals surface area contributed by atoms with Gasteiger partial charge in [0, 0.05) is 24.0 Å². The molecule has 4 nitrogen and oxygen atoms in total. The molecule has 0 spiro atoms. The van der Waals surface area contributed by atoms with E-state index >= 15 is 0 Å². The molecule has 0 fully saturated rings. The number of aryl methyl sites for hydroxylation is 1. The number of rotatable bonds is 5. The van der Waals surface area contributed by atoms with Gasteiger partial charge in [-0.1, -0.05) is 6.92 Å². The number of hydrogen-bond donors (Lipinski definition) is 1. The van der Waals surface area contributed by atoms with Crippen molar-refractivity contribution in [3.8, 4) is 0 Å². The van der Waals surface area contributed by atoms with Gasteiger partial charge in [0.25, 0.3) is 0 Å². The molecule has 5 heteroatoms. The Kier molecular flexibility index (Phi) is 4.27. The lowest BCUT2D eigenvalue weighted by Gasteiger charge is -2.06. The fourth-order valence-electron chi connectivity index (χ4n) is 2.11. The third kappa shape index (κ3) is 3.17. The molecule has 2 rings (SSSR count). The summed E-state index contributed by atoms with van der Waals surface area (Å²) in [6.07, 6.45) is 2.88. The summed E-state index contributed by atoms with van der Waals surface area (Å²) in [6.45, 7) is 8.41. The predicted octanol–water partition coefficient (Wildman–Crippen LogP) is 2.19. The van der Waals surface area contributed by atoms with Crippen LogP contribution in [0.15, 0.2) is 18.5 Å². The van der Waals surface area contributed by atoms with E-state index < -0.39 is 0 Å². The van der Waals surface area contributed by atoms with Crippen molar-refractivity contribution in [3.05, 3.63) is 46.8 Å². The standard InChI is InChI=1S/C14H19FN4/c1-4-16-8-14-10(2)18-19(11(14)3)9-12-5-13(15)7-17-6-12/h5-7,16H,4,8-9H2,1-3H3. The van der Waals surface area contributed by atoms with E-state index in [4.69, 9.17) is 0 Å². The van der Waals surface area contributed by atoms with Gasteiger partial charge in [-0.15, -0.1) is 0 Å². The number of nitrogens with zero attached hydrogens (tertiary/aromatic N) is 3. The molecule has 2 aromatic rings. The summed E-state index contributed by atoms with van der Waals surface area (Å²) in [7, 11) is 0. The van der Waals surface area contributed by atoms with Gasteiger partial charge in [0.15, 0.2) is 0 Å². The lowest BCUT2D eigenvalue weighted by Crippen LogP contribution is -2.13. The van der Waals surface area contributed by atoms with Crippen LogP contribution in [0.2, 0.25) is 0 Å². The highest BCUT2D eigenvalue weighted by Gasteiger charge is 2.11. The van der Waals surface area contributed by atoms with E-state index in [-0.39, 0.29) is 5.82 Å². The molecule has 19 heavy (non-hydrogen) atoms. The number of pyridine rings is 1. The maximum atomic E-state index is 13.1. The van der Waals surface area contributed by atoms with Gasteiger partial charge in [-0.2, -0.15) is 5.10 Å². The molecular weight excluding hydrogens is 243 g/mol. The van der Waals surface area contributed by atoms with Crippen molar-refractivity contribution in [1.82, 2.24) is 20.1 Å². The van der Waals surface area contributed by atoms with Crippen molar-refractivity contribution in [3.63, 3.8) is 0 Å². The molecule has 0 aliphatic carbocycles. The summed E-state index contributed by atoms with van der Waals surface area (Å²) >= 11 is 0. The van der Waals surface area contributed by atoms with Crippen LogP contribution >= 0.6 is 0 Å². The van der Waals surface area contributed by atoms with E-state index in [0.717, 1.165) is 30.0 Å². The van der Waals surface area contributed by atoms with Crippen molar-refractivity contribution in [2.45, 2.75) is 33.9 Å². The number of halogens is 1. The number of nitrogens with one attached hydrogen (secondary N) is 1. The van der Waals surface area contributed by atoms with Crippen molar-refractivity contribution in [2.75, 3.05) is 6.54 Å². The molecule has 0 radical (unpaired) electrons. The molecule has 102 valence electrons. The third-order valence-electron chi connectivity index (χ3n) is 3.18. The molecule has 0 amide bonds. The van der Waals surface area contributed by atoms with E-state index in [1.807, 2.05) is 18.5 Å². The third-order valence-corrected chi connectivity index (χ3v) is 3.18. The Labute approximate surface area is 112 Å². The van der Waals surface area contributed by atoms with Gasteiger partial charge in [-0.25, -0.2) is 4.39 Å². The minimum atomic E-state index is -0.313. The molecule has 1 N–H and O–H groups in total. The van der Waals surface area contributed by atoms with E-state index in [9.17, 15) is 4.39 Å². The Bertz CT molecular complexity index is 563. The first-order chi connectivity index (χ1) is 9.11. The van der Waals surface area contributed by atoms with Gasteiger partial charge < -0.3 is 5.32 Å². The van der Waals surface area contributed by atoms with Gasteiger partial charge >= 0.3 is 0 Å². The second-order valence-corrected chi connectivity index (χ2v) is 4.60. The van der Waals surface area contributed by atoms with Crippen LogP contribution in [0.1, 0.15) is 29.4 Å². The number of aromatic nitrogens is 3. The predicted molar refractivity (Wildman–Crippen MR) is 72.4 cm³/mol.